The maximum absolute atomic E-state index is 12.1. The van der Waals surface area contributed by atoms with Gasteiger partial charge in [-0.05, 0) is 30.2 Å². The molecule has 0 unspecified atom stereocenters. The van der Waals surface area contributed by atoms with E-state index in [0.29, 0.717) is 6.42 Å². The van der Waals surface area contributed by atoms with Crippen molar-refractivity contribution in [2.45, 2.75) is 74.5 Å². The lowest BCUT2D eigenvalue weighted by molar-refractivity contribution is -0.374. The maximum Gasteiger partial charge on any atom is 0.343 e. The Morgan fingerprint density at radius 1 is 0.971 bits per heavy atom. The van der Waals surface area contributed by atoms with Crippen LogP contribution >= 0.6 is 0 Å². The van der Waals surface area contributed by atoms with Crippen LogP contribution in [0.1, 0.15) is 32.3 Å². The number of hydrogen-bond acceptors (Lipinski definition) is 9. The van der Waals surface area contributed by atoms with Crippen LogP contribution in [0.4, 0.5) is 0 Å². The zero-order chi connectivity index (χ0) is 26.3. The summed E-state index contributed by atoms with van der Waals surface area (Å²) >= 11 is 0. The van der Waals surface area contributed by atoms with Gasteiger partial charge in [-0.3, -0.25) is 0 Å². The second-order valence-corrected chi connectivity index (χ2v) is 9.43. The Labute approximate surface area is 200 Å². The molecule has 0 aliphatic carbocycles. The van der Waals surface area contributed by atoms with Gasteiger partial charge >= 0.3 is 17.9 Å². The second-order valence-electron chi connectivity index (χ2n) is 9.43. The smallest absolute Gasteiger partial charge is 0.343 e. The lowest BCUT2D eigenvalue weighted by Crippen LogP contribution is -2.77. The topological polar surface area (TPSA) is 211 Å². The number of aliphatic hydroxyl groups is 4. The van der Waals surface area contributed by atoms with E-state index < -0.39 is 71.7 Å². The van der Waals surface area contributed by atoms with Crippen LogP contribution in [0.25, 0.3) is 0 Å². The molecule has 1 aromatic rings. The van der Waals surface area contributed by atoms with Crippen molar-refractivity contribution >= 4 is 17.9 Å². The minimum atomic E-state index is -3.76. The van der Waals surface area contributed by atoms with Crippen LogP contribution < -0.4 is 0 Å². The van der Waals surface area contributed by atoms with Gasteiger partial charge in [0.2, 0.25) is 17.3 Å². The van der Waals surface area contributed by atoms with Gasteiger partial charge in [0.05, 0.1) is 6.10 Å². The normalized spacial score (nSPS) is 36.8. The van der Waals surface area contributed by atoms with Crippen molar-refractivity contribution in [3.05, 3.63) is 35.9 Å². The fourth-order valence-electron chi connectivity index (χ4n) is 5.09. The molecule has 0 amide bonds. The van der Waals surface area contributed by atoms with Gasteiger partial charge in [0, 0.05) is 6.42 Å². The Kier molecular flexibility index (Phi) is 7.29. The summed E-state index contributed by atoms with van der Waals surface area (Å²) in [4.78, 5) is 35.8. The fraction of sp³-hybridized carbons (Fsp3) is 0.609. The average Bonchev–Trinajstić information content (AvgIpc) is 3.00. The van der Waals surface area contributed by atoms with Gasteiger partial charge in [0.1, 0.15) is 12.2 Å². The number of carboxylic acid groups (broad SMARTS) is 3. The number of ether oxygens (including phenoxy) is 2. The number of benzene rings is 1. The van der Waals surface area contributed by atoms with Gasteiger partial charge in [-0.15, -0.1) is 0 Å². The van der Waals surface area contributed by atoms with Crippen LogP contribution in [0.3, 0.4) is 0 Å². The Morgan fingerprint density at radius 3 is 2.09 bits per heavy atom. The van der Waals surface area contributed by atoms with Crippen LogP contribution in [0.15, 0.2) is 30.3 Å². The largest absolute Gasteiger partial charge is 0.479 e. The third-order valence-electron chi connectivity index (χ3n) is 7.15. The van der Waals surface area contributed by atoms with Gasteiger partial charge in [-0.2, -0.15) is 0 Å². The molecule has 2 bridgehead atoms. The lowest BCUT2D eigenvalue weighted by atomic mass is 9.74. The molecule has 1 aromatic carbocycles. The minimum Gasteiger partial charge on any atom is -0.479 e. The molecule has 0 radical (unpaired) electrons. The van der Waals surface area contributed by atoms with Crippen molar-refractivity contribution < 1.29 is 59.6 Å². The van der Waals surface area contributed by atoms with Crippen LogP contribution in [0.5, 0.6) is 0 Å². The summed E-state index contributed by atoms with van der Waals surface area (Å²) in [7, 11) is 0. The van der Waals surface area contributed by atoms with E-state index in [2.05, 4.69) is 0 Å². The third kappa shape index (κ3) is 4.09. The number of hydrogen-bond donors (Lipinski definition) is 7. The van der Waals surface area contributed by atoms with E-state index in [1.807, 2.05) is 37.3 Å². The highest BCUT2D eigenvalue weighted by molar-refractivity contribution is 5.97. The number of fused-ring (bicyclic) bond motifs is 2. The van der Waals surface area contributed by atoms with Gasteiger partial charge in [0.15, 0.2) is 5.79 Å². The highest BCUT2D eigenvalue weighted by Crippen LogP contribution is 2.54. The van der Waals surface area contributed by atoms with Crippen molar-refractivity contribution in [2.75, 3.05) is 0 Å². The summed E-state index contributed by atoms with van der Waals surface area (Å²) in [6.45, 7) is 3.51. The molecule has 3 rings (SSSR count). The van der Waals surface area contributed by atoms with Crippen molar-refractivity contribution in [3.63, 3.8) is 0 Å². The maximum atomic E-state index is 12.1. The molecular weight excluding hydrogens is 468 g/mol. The first-order valence-electron chi connectivity index (χ1n) is 11.1. The molecule has 2 fully saturated rings. The standard InChI is InChI=1S/C23H30O12/c1-11(14(24)12(2)10-13-6-4-3-5-7-13)8-9-21-15(25)16(26)23(35-21,20(31)32)22(33,19(29)30)17(34-21)18(27)28/h3-7,11-12,14-17,24-26,33H,8-10H2,1-2H3,(H,27,28)(H,29,30)(H,31,32)/t11-,12-,14-,15-,16-,17-,21+,22-,23+/m1/s1. The molecule has 2 heterocycles. The number of carboxylic acids is 3. The lowest BCUT2D eigenvalue weighted by Gasteiger charge is -2.48. The Hall–Kier alpha value is -2.61. The van der Waals surface area contributed by atoms with E-state index in [1.54, 1.807) is 6.92 Å². The van der Waals surface area contributed by atoms with Gasteiger partial charge < -0.3 is 45.2 Å². The van der Waals surface area contributed by atoms with Crippen molar-refractivity contribution in [1.29, 1.82) is 0 Å². The summed E-state index contributed by atoms with van der Waals surface area (Å²) in [6.07, 6.45) is -8.14. The molecule has 2 aliphatic heterocycles. The highest BCUT2D eigenvalue weighted by Gasteiger charge is 2.84. The molecule has 0 saturated carbocycles. The Balaban J connectivity index is 1.86. The number of carbonyl (C=O) groups is 3. The first kappa shape index (κ1) is 27.0. The molecule has 7 N–H and O–H groups in total. The zero-order valence-electron chi connectivity index (χ0n) is 19.1. The third-order valence-corrected chi connectivity index (χ3v) is 7.15. The summed E-state index contributed by atoms with van der Waals surface area (Å²) in [5.74, 6) is -9.69. The highest BCUT2D eigenvalue weighted by atomic mass is 16.8. The SMILES string of the molecule is C[C@H](CC[C@]12O[C@H](C(=O)O)[C@@](O)(C(=O)O)[C@](C(=O)O)(O1)[C@H](O)[C@H]2O)[C@@H](O)[C@H](C)Cc1ccccc1. The molecule has 2 saturated heterocycles. The predicted molar refractivity (Wildman–Crippen MR) is 115 cm³/mol. The quantitative estimate of drug-likeness (QED) is 0.212. The molecule has 12 nitrogen and oxygen atoms in total. The van der Waals surface area contributed by atoms with Crippen LogP contribution in [-0.2, 0) is 30.3 Å². The number of aliphatic hydroxyl groups excluding tert-OH is 3. The fourth-order valence-corrected chi connectivity index (χ4v) is 5.09. The van der Waals surface area contributed by atoms with Crippen LogP contribution in [0, 0.1) is 11.8 Å². The van der Waals surface area contributed by atoms with Crippen molar-refractivity contribution in [3.8, 4) is 0 Å². The van der Waals surface area contributed by atoms with E-state index in [1.165, 1.54) is 0 Å². The minimum absolute atomic E-state index is 0.0115. The molecule has 0 spiro atoms. The molecule has 194 valence electrons. The van der Waals surface area contributed by atoms with Crippen LogP contribution in [-0.4, -0.2) is 95.1 Å². The molecular formula is C23H30O12. The molecule has 35 heavy (non-hydrogen) atoms. The van der Waals surface area contributed by atoms with Crippen molar-refractivity contribution in [2.24, 2.45) is 11.8 Å². The summed E-state index contributed by atoms with van der Waals surface area (Å²) in [5, 5.41) is 71.7. The van der Waals surface area contributed by atoms with E-state index in [-0.39, 0.29) is 12.3 Å². The molecule has 0 aromatic heterocycles. The molecule has 9 atom stereocenters. The van der Waals surface area contributed by atoms with Gasteiger partial charge in [-0.25, -0.2) is 14.4 Å². The van der Waals surface area contributed by atoms with Gasteiger partial charge in [-0.1, -0.05) is 44.2 Å². The second kappa shape index (κ2) is 9.45. The monoisotopic (exact) mass is 498 g/mol. The van der Waals surface area contributed by atoms with Crippen molar-refractivity contribution in [1.82, 2.24) is 0 Å². The molecule has 12 heteroatoms. The predicted octanol–water partition coefficient (Wildman–Crippen LogP) is -0.787. The summed E-state index contributed by atoms with van der Waals surface area (Å²) in [5.41, 5.74) is -6.19. The first-order valence-corrected chi connectivity index (χ1v) is 11.1. The summed E-state index contributed by atoms with van der Waals surface area (Å²) in [6, 6.07) is 9.42. The van der Waals surface area contributed by atoms with E-state index in [9.17, 15) is 50.1 Å². The average molecular weight is 498 g/mol. The van der Waals surface area contributed by atoms with Gasteiger partial charge in [0.25, 0.3) is 0 Å². The van der Waals surface area contributed by atoms with E-state index in [0.717, 1.165) is 5.56 Å². The number of aliphatic carboxylic acids is 3. The summed E-state index contributed by atoms with van der Waals surface area (Å²) < 4.78 is 10.5. The molecule has 2 aliphatic rings. The number of rotatable bonds is 10. The van der Waals surface area contributed by atoms with E-state index in [4.69, 9.17) is 9.47 Å². The first-order chi connectivity index (χ1) is 16.2. The zero-order valence-corrected chi connectivity index (χ0v) is 19.1. The van der Waals surface area contributed by atoms with Crippen LogP contribution in [0.2, 0.25) is 0 Å². The Morgan fingerprint density at radius 2 is 1.57 bits per heavy atom. The van der Waals surface area contributed by atoms with E-state index >= 15 is 0 Å². The Bertz CT molecular complexity index is 969.